The van der Waals surface area contributed by atoms with Crippen LogP contribution >= 0.6 is 0 Å². The van der Waals surface area contributed by atoms with Crippen molar-refractivity contribution < 1.29 is 9.90 Å². The van der Waals surface area contributed by atoms with Crippen molar-refractivity contribution in [3.05, 3.63) is 72.3 Å². The van der Waals surface area contributed by atoms with Crippen LogP contribution in [0.3, 0.4) is 0 Å². The molecule has 0 unspecified atom stereocenters. The number of hydrogen-bond acceptors (Lipinski definition) is 2. The number of benzene rings is 3. The molecule has 2 N–H and O–H groups in total. The number of nitrogens with one attached hydrogen (secondary N) is 1. The molecule has 0 aliphatic carbocycles. The third-order valence-corrected chi connectivity index (χ3v) is 3.19. The molecule has 3 aromatic carbocycles. The Morgan fingerprint density at radius 3 is 2.40 bits per heavy atom. The minimum Gasteiger partial charge on any atom is -0.507 e. The van der Waals surface area contributed by atoms with Crippen LogP contribution in [0.15, 0.2) is 66.7 Å². The van der Waals surface area contributed by atoms with Crippen molar-refractivity contribution in [2.24, 2.45) is 0 Å². The van der Waals surface area contributed by atoms with Gasteiger partial charge in [0.15, 0.2) is 0 Å². The van der Waals surface area contributed by atoms with Crippen LogP contribution < -0.4 is 5.32 Å². The van der Waals surface area contributed by atoms with Gasteiger partial charge in [-0.05, 0) is 23.6 Å². The highest BCUT2D eigenvalue weighted by atomic mass is 16.3. The Kier molecular flexibility index (Phi) is 3.09. The molecule has 98 valence electrons. The number of carbonyl (C=O) groups is 1. The molecule has 0 bridgehead atoms. The number of aromatic hydroxyl groups is 1. The lowest BCUT2D eigenvalue weighted by Gasteiger charge is -2.09. The maximum absolute atomic E-state index is 12.2. The minimum atomic E-state index is -0.320. The van der Waals surface area contributed by atoms with Crippen molar-refractivity contribution in [1.29, 1.82) is 0 Å². The standard InChI is InChI=1S/C17H13NO2/c19-16-11-4-3-9-14(16)17(20)18-15-10-5-7-12-6-1-2-8-13(12)15/h1-11,19H,(H,18,20). The summed E-state index contributed by atoms with van der Waals surface area (Å²) in [5.41, 5.74) is 0.997. The number of phenols is 1. The summed E-state index contributed by atoms with van der Waals surface area (Å²) in [4.78, 5) is 12.2. The van der Waals surface area contributed by atoms with Crippen LogP contribution in [-0.2, 0) is 0 Å². The number of rotatable bonds is 2. The number of amides is 1. The molecule has 3 nitrogen and oxygen atoms in total. The van der Waals surface area contributed by atoms with E-state index in [1.165, 1.54) is 6.07 Å². The van der Waals surface area contributed by atoms with Gasteiger partial charge in [0.25, 0.3) is 5.91 Å². The Hall–Kier alpha value is -2.81. The molecule has 0 saturated heterocycles. The number of para-hydroxylation sites is 1. The van der Waals surface area contributed by atoms with E-state index in [2.05, 4.69) is 5.32 Å². The van der Waals surface area contributed by atoms with E-state index in [0.717, 1.165) is 16.5 Å². The second kappa shape index (κ2) is 5.05. The first kappa shape index (κ1) is 12.2. The van der Waals surface area contributed by atoms with E-state index in [4.69, 9.17) is 0 Å². The Morgan fingerprint density at radius 2 is 1.55 bits per heavy atom. The Morgan fingerprint density at radius 1 is 0.850 bits per heavy atom. The molecule has 20 heavy (non-hydrogen) atoms. The van der Waals surface area contributed by atoms with E-state index in [0.29, 0.717) is 0 Å². The number of anilines is 1. The summed E-state index contributed by atoms with van der Waals surface area (Å²) in [7, 11) is 0. The van der Waals surface area contributed by atoms with Gasteiger partial charge in [-0.2, -0.15) is 0 Å². The number of carbonyl (C=O) groups excluding carboxylic acids is 1. The topological polar surface area (TPSA) is 49.3 Å². The summed E-state index contributed by atoms with van der Waals surface area (Å²) in [6.45, 7) is 0. The van der Waals surface area contributed by atoms with E-state index in [9.17, 15) is 9.90 Å². The van der Waals surface area contributed by atoms with Crippen molar-refractivity contribution >= 4 is 22.4 Å². The molecule has 0 aliphatic rings. The van der Waals surface area contributed by atoms with Crippen LogP contribution in [0.5, 0.6) is 5.75 Å². The predicted octanol–water partition coefficient (Wildman–Crippen LogP) is 3.80. The van der Waals surface area contributed by atoms with Crippen LogP contribution in [0.1, 0.15) is 10.4 Å². The third-order valence-electron chi connectivity index (χ3n) is 3.19. The summed E-state index contributed by atoms with van der Waals surface area (Å²) in [5, 5.41) is 14.6. The molecule has 0 saturated carbocycles. The summed E-state index contributed by atoms with van der Waals surface area (Å²) >= 11 is 0. The van der Waals surface area contributed by atoms with Gasteiger partial charge in [-0.3, -0.25) is 4.79 Å². The molecule has 3 rings (SSSR count). The largest absolute Gasteiger partial charge is 0.507 e. The predicted molar refractivity (Wildman–Crippen MR) is 80.0 cm³/mol. The smallest absolute Gasteiger partial charge is 0.259 e. The fourth-order valence-electron chi connectivity index (χ4n) is 2.19. The van der Waals surface area contributed by atoms with Gasteiger partial charge in [0.1, 0.15) is 5.75 Å². The molecular formula is C17H13NO2. The highest BCUT2D eigenvalue weighted by Crippen LogP contribution is 2.24. The van der Waals surface area contributed by atoms with Crippen LogP contribution in [-0.4, -0.2) is 11.0 Å². The lowest BCUT2D eigenvalue weighted by atomic mass is 10.1. The Bertz CT molecular complexity index is 775. The lowest BCUT2D eigenvalue weighted by molar-refractivity contribution is 0.102. The van der Waals surface area contributed by atoms with Crippen LogP contribution in [0.4, 0.5) is 5.69 Å². The molecule has 0 fully saturated rings. The SMILES string of the molecule is O=C(Nc1cccc2ccccc12)c1ccccc1O. The lowest BCUT2D eigenvalue weighted by Crippen LogP contribution is -2.12. The number of hydrogen-bond donors (Lipinski definition) is 2. The van der Waals surface area contributed by atoms with Crippen molar-refractivity contribution in [2.75, 3.05) is 5.32 Å². The maximum Gasteiger partial charge on any atom is 0.259 e. The van der Waals surface area contributed by atoms with E-state index >= 15 is 0 Å². The molecule has 3 heteroatoms. The van der Waals surface area contributed by atoms with E-state index in [1.807, 2.05) is 42.5 Å². The highest BCUT2D eigenvalue weighted by molar-refractivity contribution is 6.10. The van der Waals surface area contributed by atoms with Crippen molar-refractivity contribution in [2.45, 2.75) is 0 Å². The van der Waals surface area contributed by atoms with Gasteiger partial charge in [0, 0.05) is 11.1 Å². The van der Waals surface area contributed by atoms with Crippen LogP contribution in [0.2, 0.25) is 0 Å². The number of fused-ring (bicyclic) bond motifs is 1. The Balaban J connectivity index is 1.98. The second-order valence-electron chi connectivity index (χ2n) is 4.50. The van der Waals surface area contributed by atoms with Crippen molar-refractivity contribution in [3.8, 4) is 5.75 Å². The van der Waals surface area contributed by atoms with Gasteiger partial charge in [0.05, 0.1) is 5.56 Å². The monoisotopic (exact) mass is 263 g/mol. The van der Waals surface area contributed by atoms with E-state index in [1.54, 1.807) is 18.2 Å². The zero-order chi connectivity index (χ0) is 13.9. The average molecular weight is 263 g/mol. The maximum atomic E-state index is 12.2. The summed E-state index contributed by atoms with van der Waals surface area (Å²) in [6.07, 6.45) is 0. The molecule has 0 aromatic heterocycles. The zero-order valence-corrected chi connectivity index (χ0v) is 10.7. The molecule has 0 heterocycles. The molecule has 0 aliphatic heterocycles. The van der Waals surface area contributed by atoms with Crippen molar-refractivity contribution in [3.63, 3.8) is 0 Å². The van der Waals surface area contributed by atoms with Gasteiger partial charge in [-0.15, -0.1) is 0 Å². The molecule has 3 aromatic rings. The second-order valence-corrected chi connectivity index (χ2v) is 4.50. The van der Waals surface area contributed by atoms with Crippen LogP contribution in [0, 0.1) is 0 Å². The minimum absolute atomic E-state index is 0.0229. The van der Waals surface area contributed by atoms with Gasteiger partial charge >= 0.3 is 0 Å². The highest BCUT2D eigenvalue weighted by Gasteiger charge is 2.11. The fourth-order valence-corrected chi connectivity index (χ4v) is 2.19. The first-order valence-corrected chi connectivity index (χ1v) is 6.33. The summed E-state index contributed by atoms with van der Waals surface area (Å²) in [5.74, 6) is -0.343. The molecule has 0 spiro atoms. The van der Waals surface area contributed by atoms with E-state index < -0.39 is 0 Å². The third kappa shape index (κ3) is 2.21. The number of phenolic OH excluding ortho intramolecular Hbond substituents is 1. The van der Waals surface area contributed by atoms with Gasteiger partial charge in [-0.25, -0.2) is 0 Å². The van der Waals surface area contributed by atoms with Gasteiger partial charge in [0.2, 0.25) is 0 Å². The van der Waals surface area contributed by atoms with Gasteiger partial charge in [-0.1, -0.05) is 48.5 Å². The zero-order valence-electron chi connectivity index (χ0n) is 10.7. The Labute approximate surface area is 116 Å². The quantitative estimate of drug-likeness (QED) is 0.738. The molecule has 1 amide bonds. The van der Waals surface area contributed by atoms with Gasteiger partial charge < -0.3 is 10.4 Å². The average Bonchev–Trinajstić information content (AvgIpc) is 2.48. The fraction of sp³-hybridized carbons (Fsp3) is 0. The normalized spacial score (nSPS) is 10.4. The summed E-state index contributed by atoms with van der Waals surface area (Å²) < 4.78 is 0. The molecular weight excluding hydrogens is 250 g/mol. The van der Waals surface area contributed by atoms with Crippen molar-refractivity contribution in [1.82, 2.24) is 0 Å². The molecule has 0 radical (unpaired) electrons. The van der Waals surface area contributed by atoms with Crippen LogP contribution in [0.25, 0.3) is 10.8 Å². The first-order chi connectivity index (χ1) is 9.75. The molecule has 0 atom stereocenters. The summed E-state index contributed by atoms with van der Waals surface area (Å²) in [6, 6.07) is 20.1. The van der Waals surface area contributed by atoms with E-state index in [-0.39, 0.29) is 17.2 Å². The first-order valence-electron chi connectivity index (χ1n) is 6.33.